The Balaban J connectivity index is 1.82. The molecule has 26 heavy (non-hydrogen) atoms. The van der Waals surface area contributed by atoms with Crippen LogP contribution in [0.4, 0.5) is 0 Å². The molecule has 3 rings (SSSR count). The Labute approximate surface area is 153 Å². The Morgan fingerprint density at radius 1 is 1.38 bits per heavy atom. The molecule has 0 aromatic carbocycles. The van der Waals surface area contributed by atoms with E-state index in [-0.39, 0.29) is 29.9 Å². The number of nitrogens with zero attached hydrogens (tertiary/aromatic N) is 3. The first kappa shape index (κ1) is 18.4. The van der Waals surface area contributed by atoms with E-state index in [1.807, 2.05) is 26.0 Å². The molecule has 2 aromatic rings. The van der Waals surface area contributed by atoms with Crippen molar-refractivity contribution in [3.63, 3.8) is 0 Å². The average Bonchev–Trinajstić information content (AvgIpc) is 2.99. The van der Waals surface area contributed by atoms with E-state index in [0.29, 0.717) is 24.4 Å². The number of carbonyl (C=O) groups is 1. The SMILES string of the molecule is COc1ccc(C(NC(=O)c2cc(C(C)C)nn2C)C2CC(O)C2)cn1. The zero-order valence-corrected chi connectivity index (χ0v) is 15.6. The highest BCUT2D eigenvalue weighted by atomic mass is 16.5. The Hall–Kier alpha value is -2.41. The van der Waals surface area contributed by atoms with Gasteiger partial charge < -0.3 is 15.2 Å². The summed E-state index contributed by atoms with van der Waals surface area (Å²) in [5, 5.41) is 17.2. The number of aliphatic hydroxyl groups is 1. The largest absolute Gasteiger partial charge is 0.481 e. The van der Waals surface area contributed by atoms with Crippen LogP contribution in [0.2, 0.25) is 0 Å². The van der Waals surface area contributed by atoms with E-state index in [4.69, 9.17) is 4.74 Å². The zero-order chi connectivity index (χ0) is 18.8. The number of rotatable bonds is 6. The van der Waals surface area contributed by atoms with Gasteiger partial charge in [0.15, 0.2) is 0 Å². The van der Waals surface area contributed by atoms with Crippen molar-refractivity contribution >= 4 is 5.91 Å². The minimum atomic E-state index is -0.296. The van der Waals surface area contributed by atoms with Crippen LogP contribution in [0.3, 0.4) is 0 Å². The van der Waals surface area contributed by atoms with Crippen LogP contribution in [0, 0.1) is 5.92 Å². The van der Waals surface area contributed by atoms with Crippen molar-refractivity contribution in [2.75, 3.05) is 7.11 Å². The molecular weight excluding hydrogens is 332 g/mol. The molecule has 0 saturated heterocycles. The predicted molar refractivity (Wildman–Crippen MR) is 97.0 cm³/mol. The van der Waals surface area contributed by atoms with Crippen LogP contribution in [0.25, 0.3) is 0 Å². The van der Waals surface area contributed by atoms with Gasteiger partial charge in [0, 0.05) is 19.3 Å². The number of hydrogen-bond acceptors (Lipinski definition) is 5. The second-order valence-corrected chi connectivity index (χ2v) is 7.20. The smallest absolute Gasteiger partial charge is 0.270 e. The van der Waals surface area contributed by atoms with E-state index < -0.39 is 0 Å². The minimum absolute atomic E-state index is 0.172. The number of pyridine rings is 1. The van der Waals surface area contributed by atoms with Crippen molar-refractivity contribution in [1.82, 2.24) is 20.1 Å². The summed E-state index contributed by atoms with van der Waals surface area (Å²) in [5.41, 5.74) is 2.32. The number of amides is 1. The lowest BCUT2D eigenvalue weighted by Crippen LogP contribution is -2.41. The van der Waals surface area contributed by atoms with Gasteiger partial charge in [0.05, 0.1) is 24.9 Å². The number of aliphatic hydroxyl groups excluding tert-OH is 1. The fourth-order valence-electron chi connectivity index (χ4n) is 3.27. The summed E-state index contributed by atoms with van der Waals surface area (Å²) in [7, 11) is 3.34. The molecule has 1 fully saturated rings. The molecule has 0 bridgehead atoms. The van der Waals surface area contributed by atoms with Crippen LogP contribution in [-0.4, -0.2) is 39.0 Å². The van der Waals surface area contributed by atoms with Crippen molar-refractivity contribution < 1.29 is 14.6 Å². The summed E-state index contributed by atoms with van der Waals surface area (Å²) in [4.78, 5) is 17.1. The second kappa shape index (κ2) is 7.45. The van der Waals surface area contributed by atoms with Crippen LogP contribution in [0.15, 0.2) is 24.4 Å². The van der Waals surface area contributed by atoms with Gasteiger partial charge in [0.1, 0.15) is 5.69 Å². The van der Waals surface area contributed by atoms with Gasteiger partial charge in [-0.15, -0.1) is 0 Å². The molecule has 1 aliphatic rings. The van der Waals surface area contributed by atoms with Crippen LogP contribution in [-0.2, 0) is 7.05 Å². The van der Waals surface area contributed by atoms with E-state index in [1.165, 1.54) is 0 Å². The predicted octanol–water partition coefficient (Wildman–Crippen LogP) is 2.19. The fraction of sp³-hybridized carbons (Fsp3) is 0.526. The van der Waals surface area contributed by atoms with Crippen LogP contribution < -0.4 is 10.1 Å². The molecule has 2 heterocycles. The minimum Gasteiger partial charge on any atom is -0.481 e. The number of aryl methyl sites for hydroxylation is 1. The van der Waals surface area contributed by atoms with Gasteiger partial charge in [-0.3, -0.25) is 9.48 Å². The lowest BCUT2D eigenvalue weighted by atomic mass is 9.75. The number of ether oxygens (including phenoxy) is 1. The maximum atomic E-state index is 12.9. The third kappa shape index (κ3) is 3.72. The van der Waals surface area contributed by atoms with Crippen LogP contribution in [0.5, 0.6) is 5.88 Å². The monoisotopic (exact) mass is 358 g/mol. The average molecular weight is 358 g/mol. The molecule has 140 valence electrons. The third-order valence-electron chi connectivity index (χ3n) is 4.96. The summed E-state index contributed by atoms with van der Waals surface area (Å²) >= 11 is 0. The van der Waals surface area contributed by atoms with Crippen molar-refractivity contribution in [1.29, 1.82) is 0 Å². The molecule has 0 radical (unpaired) electrons. The molecule has 1 saturated carbocycles. The van der Waals surface area contributed by atoms with E-state index >= 15 is 0 Å². The number of nitrogens with one attached hydrogen (secondary N) is 1. The molecule has 0 spiro atoms. The van der Waals surface area contributed by atoms with E-state index in [2.05, 4.69) is 15.4 Å². The van der Waals surface area contributed by atoms with Crippen LogP contribution >= 0.6 is 0 Å². The highest BCUT2D eigenvalue weighted by Gasteiger charge is 2.36. The normalized spacial score (nSPS) is 20.5. The molecule has 0 aliphatic heterocycles. The highest BCUT2D eigenvalue weighted by molar-refractivity contribution is 5.93. The molecule has 1 unspecified atom stereocenters. The van der Waals surface area contributed by atoms with Crippen molar-refractivity contribution in [2.24, 2.45) is 13.0 Å². The zero-order valence-electron chi connectivity index (χ0n) is 15.6. The maximum Gasteiger partial charge on any atom is 0.270 e. The fourth-order valence-corrected chi connectivity index (χ4v) is 3.27. The summed E-state index contributed by atoms with van der Waals surface area (Å²) in [6, 6.07) is 5.31. The third-order valence-corrected chi connectivity index (χ3v) is 4.96. The van der Waals surface area contributed by atoms with Gasteiger partial charge >= 0.3 is 0 Å². The number of methoxy groups -OCH3 is 1. The Morgan fingerprint density at radius 2 is 2.12 bits per heavy atom. The first-order valence-corrected chi connectivity index (χ1v) is 8.91. The molecule has 7 heteroatoms. The summed E-state index contributed by atoms with van der Waals surface area (Å²) in [6.45, 7) is 4.09. The molecule has 1 atom stereocenters. The van der Waals surface area contributed by atoms with E-state index in [0.717, 1.165) is 11.3 Å². The number of hydrogen-bond donors (Lipinski definition) is 2. The van der Waals surface area contributed by atoms with Gasteiger partial charge in [-0.25, -0.2) is 4.98 Å². The van der Waals surface area contributed by atoms with Crippen molar-refractivity contribution in [3.8, 4) is 5.88 Å². The molecule has 2 aromatic heterocycles. The molecule has 7 nitrogen and oxygen atoms in total. The maximum absolute atomic E-state index is 12.9. The van der Waals surface area contributed by atoms with Gasteiger partial charge in [-0.2, -0.15) is 5.10 Å². The first-order valence-electron chi connectivity index (χ1n) is 8.91. The lowest BCUT2D eigenvalue weighted by Gasteiger charge is -2.38. The quantitative estimate of drug-likeness (QED) is 0.826. The van der Waals surface area contributed by atoms with E-state index in [1.54, 1.807) is 31.1 Å². The Bertz CT molecular complexity index is 764. The highest BCUT2D eigenvalue weighted by Crippen LogP contribution is 2.38. The van der Waals surface area contributed by atoms with Crippen molar-refractivity contribution in [3.05, 3.63) is 41.3 Å². The molecular formula is C19H26N4O3. The van der Waals surface area contributed by atoms with Gasteiger partial charge in [-0.1, -0.05) is 19.9 Å². The van der Waals surface area contributed by atoms with Gasteiger partial charge in [-0.05, 0) is 36.3 Å². The Kier molecular flexibility index (Phi) is 5.27. The van der Waals surface area contributed by atoms with Crippen LogP contribution in [0.1, 0.15) is 60.4 Å². The van der Waals surface area contributed by atoms with Gasteiger partial charge in [0.25, 0.3) is 5.91 Å². The standard InChI is InChI=1S/C19H26N4O3/c1-11(2)15-9-16(23(3)22-15)19(25)21-18(13-7-14(24)8-13)12-5-6-17(26-4)20-10-12/h5-6,9-11,13-14,18,24H,7-8H2,1-4H3,(H,21,25). The summed E-state index contributed by atoms with van der Waals surface area (Å²) in [5.74, 6) is 0.794. The second-order valence-electron chi connectivity index (χ2n) is 7.20. The van der Waals surface area contributed by atoms with Gasteiger partial charge in [0.2, 0.25) is 5.88 Å². The molecule has 2 N–H and O–H groups in total. The first-order chi connectivity index (χ1) is 12.4. The number of aromatic nitrogens is 3. The topological polar surface area (TPSA) is 89.3 Å². The van der Waals surface area contributed by atoms with Crippen molar-refractivity contribution in [2.45, 2.75) is 44.8 Å². The van der Waals surface area contributed by atoms with E-state index in [9.17, 15) is 9.90 Å². The molecule has 1 amide bonds. The lowest BCUT2D eigenvalue weighted by molar-refractivity contribution is 0.0233. The summed E-state index contributed by atoms with van der Waals surface area (Å²) < 4.78 is 6.72. The number of carbonyl (C=O) groups excluding carboxylic acids is 1. The summed E-state index contributed by atoms with van der Waals surface area (Å²) in [6.07, 6.45) is 2.76. The Morgan fingerprint density at radius 3 is 2.62 bits per heavy atom. The molecule has 1 aliphatic carbocycles.